The monoisotopic (exact) mass is 245 g/mol. The van der Waals surface area contributed by atoms with Gasteiger partial charge >= 0.3 is 5.97 Å². The van der Waals surface area contributed by atoms with E-state index in [1.54, 1.807) is 0 Å². The Morgan fingerprint density at radius 2 is 2.00 bits per heavy atom. The maximum absolute atomic E-state index is 11.3. The highest BCUT2D eigenvalue weighted by Crippen LogP contribution is 2.32. The minimum atomic E-state index is -0.588. The molecule has 5 heteroatoms. The van der Waals surface area contributed by atoms with Crippen LogP contribution >= 0.6 is 11.8 Å². The molecule has 0 fully saturated rings. The van der Waals surface area contributed by atoms with Crippen molar-refractivity contribution < 1.29 is 14.3 Å². The van der Waals surface area contributed by atoms with Gasteiger partial charge in [-0.3, -0.25) is 9.69 Å². The highest BCUT2D eigenvalue weighted by Gasteiger charge is 2.32. The van der Waals surface area contributed by atoms with Gasteiger partial charge in [0.15, 0.2) is 0 Å². The maximum atomic E-state index is 11.3. The van der Waals surface area contributed by atoms with Gasteiger partial charge in [-0.25, -0.2) is 4.79 Å². The highest BCUT2D eigenvalue weighted by atomic mass is 32.2. The first kappa shape index (κ1) is 15.0. The maximum Gasteiger partial charge on any atom is 0.354 e. The summed E-state index contributed by atoms with van der Waals surface area (Å²) in [5.41, 5.74) is -0.0936. The van der Waals surface area contributed by atoms with Crippen LogP contribution < -0.4 is 0 Å². The van der Waals surface area contributed by atoms with E-state index >= 15 is 0 Å². The van der Waals surface area contributed by atoms with Crippen LogP contribution in [0.3, 0.4) is 0 Å². The molecule has 16 heavy (non-hydrogen) atoms. The van der Waals surface area contributed by atoms with Crippen molar-refractivity contribution in [1.29, 1.82) is 0 Å². The van der Waals surface area contributed by atoms with Gasteiger partial charge in [-0.15, -0.1) is 11.8 Å². The molecular formula is C11H19NO3S. The van der Waals surface area contributed by atoms with Crippen molar-refractivity contribution in [2.24, 2.45) is 5.41 Å². The molecule has 0 rings (SSSR count). The predicted molar refractivity (Wildman–Crippen MR) is 65.8 cm³/mol. The van der Waals surface area contributed by atoms with Crippen LogP contribution in [0, 0.1) is 5.41 Å². The lowest BCUT2D eigenvalue weighted by Crippen LogP contribution is -2.42. The summed E-state index contributed by atoms with van der Waals surface area (Å²) in [4.78, 5) is 23.7. The van der Waals surface area contributed by atoms with E-state index in [1.165, 1.54) is 23.8 Å². The number of hydrogen-bond donors (Lipinski definition) is 0. The molecule has 92 valence electrons. The van der Waals surface area contributed by atoms with Crippen molar-refractivity contribution in [2.75, 3.05) is 13.4 Å². The normalized spacial score (nSPS) is 12.8. The molecule has 1 atom stereocenters. The third kappa shape index (κ3) is 3.56. The number of nitrogens with zero attached hydrogens (tertiary/aromatic N) is 1. The zero-order valence-electron chi connectivity index (χ0n) is 10.4. The second-order valence-electron chi connectivity index (χ2n) is 4.41. The Morgan fingerprint density at radius 1 is 1.50 bits per heavy atom. The van der Waals surface area contributed by atoms with Crippen LogP contribution in [-0.2, 0) is 14.3 Å². The fourth-order valence-corrected chi connectivity index (χ4v) is 2.48. The fourth-order valence-electron chi connectivity index (χ4n) is 1.37. The van der Waals surface area contributed by atoms with Crippen molar-refractivity contribution in [3.8, 4) is 0 Å². The molecular weight excluding hydrogens is 226 g/mol. The summed E-state index contributed by atoms with van der Waals surface area (Å²) in [7, 11) is 1.27. The van der Waals surface area contributed by atoms with Crippen LogP contribution in [0.2, 0.25) is 0 Å². The average molecular weight is 245 g/mol. The number of carbonyl (C=O) groups is 2. The van der Waals surface area contributed by atoms with Crippen LogP contribution in [0.5, 0.6) is 0 Å². The Labute approximate surface area is 101 Å². The molecule has 0 N–H and O–H groups in total. The summed E-state index contributed by atoms with van der Waals surface area (Å²) in [6.07, 6.45) is 2.50. The fraction of sp³-hybridized carbons (Fsp3) is 0.636. The molecule has 0 spiro atoms. The summed E-state index contributed by atoms with van der Waals surface area (Å²) in [6, 6.07) is 0. The van der Waals surface area contributed by atoms with Crippen LogP contribution in [0.4, 0.5) is 0 Å². The summed E-state index contributed by atoms with van der Waals surface area (Å²) in [6.45, 7) is 9.57. The molecule has 0 aliphatic carbocycles. The predicted octanol–water partition coefficient (Wildman–Crippen LogP) is 1.87. The molecule has 0 aromatic heterocycles. The lowest BCUT2D eigenvalue weighted by Gasteiger charge is -2.36. The van der Waals surface area contributed by atoms with Gasteiger partial charge in [-0.2, -0.15) is 0 Å². The Balaban J connectivity index is 5.04. The number of methoxy groups -OCH3 is 1. The first-order valence-electron chi connectivity index (χ1n) is 4.83. The number of amides is 1. The number of carbonyl (C=O) groups excluding carboxylic acids is 2. The van der Waals surface area contributed by atoms with Crippen molar-refractivity contribution >= 4 is 24.1 Å². The SMILES string of the molecule is C=C(C(=O)OC)N(C=O)C(SC)C(C)(C)C. The first-order chi connectivity index (χ1) is 7.29. The van der Waals surface area contributed by atoms with Gasteiger partial charge in [0.25, 0.3) is 0 Å². The number of rotatable bonds is 5. The molecule has 0 heterocycles. The minimum absolute atomic E-state index is 0.0618. The largest absolute Gasteiger partial charge is 0.464 e. The highest BCUT2D eigenvalue weighted by molar-refractivity contribution is 7.99. The third-order valence-electron chi connectivity index (χ3n) is 2.06. The van der Waals surface area contributed by atoms with E-state index < -0.39 is 5.97 Å². The summed E-state index contributed by atoms with van der Waals surface area (Å²) in [5, 5.41) is -0.156. The van der Waals surface area contributed by atoms with Gasteiger partial charge in [0.1, 0.15) is 5.70 Å². The standard InChI is InChI=1S/C11H19NO3S/c1-8(9(14)15-5)12(7-13)10(16-6)11(2,3)4/h7,10H,1H2,2-6H3. The molecule has 1 unspecified atom stereocenters. The van der Waals surface area contributed by atoms with E-state index in [4.69, 9.17) is 0 Å². The Bertz CT molecular complexity index is 283. The smallest absolute Gasteiger partial charge is 0.354 e. The zero-order chi connectivity index (χ0) is 12.9. The van der Waals surface area contributed by atoms with Gasteiger partial charge in [0.05, 0.1) is 12.5 Å². The zero-order valence-corrected chi connectivity index (χ0v) is 11.3. The van der Waals surface area contributed by atoms with Gasteiger partial charge < -0.3 is 4.74 Å². The minimum Gasteiger partial charge on any atom is -0.464 e. The molecule has 0 saturated carbocycles. The molecule has 0 aromatic carbocycles. The summed E-state index contributed by atoms with van der Waals surface area (Å²) < 4.78 is 4.55. The number of ether oxygens (including phenoxy) is 1. The topological polar surface area (TPSA) is 46.6 Å². The molecule has 0 radical (unpaired) electrons. The van der Waals surface area contributed by atoms with E-state index in [9.17, 15) is 9.59 Å². The van der Waals surface area contributed by atoms with Crippen molar-refractivity contribution in [3.05, 3.63) is 12.3 Å². The number of thioether (sulfide) groups is 1. The lowest BCUT2D eigenvalue weighted by molar-refractivity contribution is -0.140. The quantitative estimate of drug-likeness (QED) is 0.321. The summed E-state index contributed by atoms with van der Waals surface area (Å²) in [5.74, 6) is -0.588. The summed E-state index contributed by atoms with van der Waals surface area (Å²) >= 11 is 1.49. The van der Waals surface area contributed by atoms with Crippen molar-refractivity contribution in [3.63, 3.8) is 0 Å². The van der Waals surface area contributed by atoms with E-state index in [1.807, 2.05) is 27.0 Å². The second kappa shape index (κ2) is 5.94. The van der Waals surface area contributed by atoms with Crippen molar-refractivity contribution in [2.45, 2.75) is 26.1 Å². The van der Waals surface area contributed by atoms with E-state index in [-0.39, 0.29) is 16.5 Å². The average Bonchev–Trinajstić information content (AvgIpc) is 2.21. The Hall–Kier alpha value is -0.970. The molecule has 0 bridgehead atoms. The van der Waals surface area contributed by atoms with Gasteiger partial charge in [0.2, 0.25) is 6.41 Å². The Kier molecular flexibility index (Phi) is 5.58. The molecule has 0 aliphatic heterocycles. The van der Waals surface area contributed by atoms with E-state index in [0.717, 1.165) is 0 Å². The number of hydrogen-bond acceptors (Lipinski definition) is 4. The molecule has 0 saturated heterocycles. The third-order valence-corrected chi connectivity index (χ3v) is 3.44. The second-order valence-corrected chi connectivity index (χ2v) is 5.32. The molecule has 0 aromatic rings. The molecule has 0 aliphatic rings. The van der Waals surface area contributed by atoms with Crippen LogP contribution in [-0.4, -0.2) is 36.0 Å². The van der Waals surface area contributed by atoms with E-state index in [0.29, 0.717) is 6.41 Å². The van der Waals surface area contributed by atoms with Crippen LogP contribution in [0.1, 0.15) is 20.8 Å². The lowest BCUT2D eigenvalue weighted by atomic mass is 9.95. The molecule has 1 amide bonds. The number of esters is 1. The van der Waals surface area contributed by atoms with Gasteiger partial charge in [-0.1, -0.05) is 27.4 Å². The first-order valence-corrected chi connectivity index (χ1v) is 6.12. The van der Waals surface area contributed by atoms with Crippen LogP contribution in [0.25, 0.3) is 0 Å². The Morgan fingerprint density at radius 3 is 2.25 bits per heavy atom. The van der Waals surface area contributed by atoms with Gasteiger partial charge in [-0.05, 0) is 11.7 Å². The molecule has 4 nitrogen and oxygen atoms in total. The van der Waals surface area contributed by atoms with Crippen molar-refractivity contribution in [1.82, 2.24) is 4.90 Å². The van der Waals surface area contributed by atoms with Gasteiger partial charge in [0, 0.05) is 0 Å². The van der Waals surface area contributed by atoms with E-state index in [2.05, 4.69) is 11.3 Å². The van der Waals surface area contributed by atoms with Crippen LogP contribution in [0.15, 0.2) is 12.3 Å².